The average Bonchev–Trinajstić information content (AvgIpc) is 3.29. The monoisotopic (exact) mass is 533 g/mol. The van der Waals surface area contributed by atoms with E-state index in [1.807, 2.05) is 11.6 Å². The van der Waals surface area contributed by atoms with E-state index < -0.39 is 0 Å². The third-order valence-electron chi connectivity index (χ3n) is 6.77. The number of piperazine rings is 1. The summed E-state index contributed by atoms with van der Waals surface area (Å²) in [5.74, 6) is 0.731. The highest BCUT2D eigenvalue weighted by Crippen LogP contribution is 2.31. The predicted octanol–water partition coefficient (Wildman–Crippen LogP) is 2.15. The van der Waals surface area contributed by atoms with Crippen molar-refractivity contribution in [3.63, 3.8) is 0 Å². The Hall–Kier alpha value is -0.650. The van der Waals surface area contributed by atoms with Crippen LogP contribution in [0.2, 0.25) is 0 Å². The van der Waals surface area contributed by atoms with Crippen LogP contribution >= 0.6 is 35.3 Å². The van der Waals surface area contributed by atoms with Crippen LogP contribution in [0.4, 0.5) is 5.13 Å². The number of nitrogens with zero attached hydrogens (tertiary/aromatic N) is 6. The number of rotatable bonds is 4. The lowest BCUT2D eigenvalue weighted by atomic mass is 9.84. The molecule has 1 aromatic rings. The molecule has 4 rings (SSSR count). The van der Waals surface area contributed by atoms with Crippen molar-refractivity contribution in [3.05, 3.63) is 11.6 Å². The van der Waals surface area contributed by atoms with Gasteiger partial charge in [-0.2, -0.15) is 0 Å². The Bertz CT molecular complexity index is 631. The number of nitrogens with two attached hydrogens (primary N) is 1. The second-order valence-corrected chi connectivity index (χ2v) is 9.41. The first kappa shape index (κ1) is 23.0. The zero-order chi connectivity index (χ0) is 19.4. The van der Waals surface area contributed by atoms with Gasteiger partial charge in [0.05, 0.1) is 6.54 Å². The Morgan fingerprint density at radius 2 is 1.76 bits per heavy atom. The van der Waals surface area contributed by atoms with E-state index >= 15 is 0 Å². The van der Waals surface area contributed by atoms with E-state index in [9.17, 15) is 0 Å². The van der Waals surface area contributed by atoms with E-state index in [2.05, 4.69) is 31.6 Å². The standard InChI is InChI=1S/C20H35N7S.HI/c1-24-10-5-20(6-11-24,27-8-3-2-4-9-27)17-23-18(21)25-12-14-26(15-13-25)19-22-7-16-28-19;/h7,16H,2-6,8-15,17H2,1H3,(H2,21,23);1H. The third kappa shape index (κ3) is 5.54. The summed E-state index contributed by atoms with van der Waals surface area (Å²) in [4.78, 5) is 19.2. The number of thiazole rings is 1. The molecular weight excluding hydrogens is 497 g/mol. The van der Waals surface area contributed by atoms with E-state index in [1.54, 1.807) is 11.3 Å². The highest BCUT2D eigenvalue weighted by atomic mass is 127. The average molecular weight is 534 g/mol. The van der Waals surface area contributed by atoms with Gasteiger partial charge in [0.1, 0.15) is 0 Å². The molecule has 3 fully saturated rings. The van der Waals surface area contributed by atoms with Gasteiger partial charge in [-0.1, -0.05) is 6.42 Å². The molecule has 1 aromatic heterocycles. The fraction of sp³-hybridized carbons (Fsp3) is 0.800. The molecule has 0 radical (unpaired) electrons. The number of aliphatic imine (C=N–C) groups is 1. The number of aromatic nitrogens is 1. The van der Waals surface area contributed by atoms with Gasteiger partial charge in [0.25, 0.3) is 0 Å². The van der Waals surface area contributed by atoms with Crippen LogP contribution in [0.5, 0.6) is 0 Å². The molecule has 0 unspecified atom stereocenters. The van der Waals surface area contributed by atoms with Crippen molar-refractivity contribution >= 4 is 46.4 Å². The molecule has 9 heteroatoms. The van der Waals surface area contributed by atoms with Crippen LogP contribution < -0.4 is 10.6 Å². The molecule has 3 aliphatic rings. The molecule has 164 valence electrons. The lowest BCUT2D eigenvalue weighted by Crippen LogP contribution is -2.58. The Morgan fingerprint density at radius 3 is 2.38 bits per heavy atom. The lowest BCUT2D eigenvalue weighted by molar-refractivity contribution is 0.0207. The van der Waals surface area contributed by atoms with Gasteiger partial charge in [-0.3, -0.25) is 9.89 Å². The van der Waals surface area contributed by atoms with E-state index in [4.69, 9.17) is 10.7 Å². The quantitative estimate of drug-likeness (QED) is 0.364. The SMILES string of the molecule is CN1CCC(CN=C(N)N2CCN(c3nccs3)CC2)(N2CCCCC2)CC1.I. The van der Waals surface area contributed by atoms with Crippen molar-refractivity contribution in [2.75, 3.05) is 70.9 Å². The van der Waals surface area contributed by atoms with Crippen LogP contribution in [-0.4, -0.2) is 97.1 Å². The molecule has 3 saturated heterocycles. The number of hydrogen-bond donors (Lipinski definition) is 1. The number of likely N-dealkylation sites (tertiary alicyclic amines) is 2. The van der Waals surface area contributed by atoms with Crippen molar-refractivity contribution in [1.29, 1.82) is 0 Å². The maximum absolute atomic E-state index is 6.46. The Morgan fingerprint density at radius 1 is 1.07 bits per heavy atom. The summed E-state index contributed by atoms with van der Waals surface area (Å²) < 4.78 is 0. The molecule has 7 nitrogen and oxygen atoms in total. The first-order valence-corrected chi connectivity index (χ1v) is 11.7. The maximum Gasteiger partial charge on any atom is 0.191 e. The van der Waals surface area contributed by atoms with Gasteiger partial charge in [0.15, 0.2) is 11.1 Å². The normalized spacial score (nSPS) is 24.4. The van der Waals surface area contributed by atoms with Gasteiger partial charge in [0, 0.05) is 43.3 Å². The third-order valence-corrected chi connectivity index (χ3v) is 7.61. The van der Waals surface area contributed by atoms with E-state index in [0.717, 1.165) is 43.8 Å². The summed E-state index contributed by atoms with van der Waals surface area (Å²) in [6, 6.07) is 0. The number of hydrogen-bond acceptors (Lipinski definition) is 6. The molecule has 29 heavy (non-hydrogen) atoms. The molecule has 3 aliphatic heterocycles. The summed E-state index contributed by atoms with van der Waals surface area (Å²) >= 11 is 1.71. The van der Waals surface area contributed by atoms with Gasteiger partial charge in [-0.25, -0.2) is 4.98 Å². The molecule has 0 amide bonds. The summed E-state index contributed by atoms with van der Waals surface area (Å²) in [7, 11) is 2.24. The van der Waals surface area contributed by atoms with Crippen molar-refractivity contribution in [3.8, 4) is 0 Å². The van der Waals surface area contributed by atoms with Crippen molar-refractivity contribution < 1.29 is 0 Å². The zero-order valence-electron chi connectivity index (χ0n) is 17.6. The number of halogens is 1. The summed E-state index contributed by atoms with van der Waals surface area (Å²) in [5.41, 5.74) is 6.67. The van der Waals surface area contributed by atoms with Gasteiger partial charge in [0.2, 0.25) is 0 Å². The fourth-order valence-corrected chi connectivity index (χ4v) is 5.50. The Labute approximate surface area is 196 Å². The summed E-state index contributed by atoms with van der Waals surface area (Å²) in [6.45, 7) is 9.41. The number of guanidine groups is 1. The van der Waals surface area contributed by atoms with Gasteiger partial charge in [-0.15, -0.1) is 35.3 Å². The predicted molar refractivity (Wildman–Crippen MR) is 133 cm³/mol. The van der Waals surface area contributed by atoms with Crippen molar-refractivity contribution in [2.24, 2.45) is 10.7 Å². The molecule has 0 saturated carbocycles. The number of piperidine rings is 2. The topological polar surface area (TPSA) is 64.2 Å². The molecular formula is C20H36IN7S. The Balaban J connectivity index is 0.00000240. The smallest absolute Gasteiger partial charge is 0.191 e. The molecule has 0 atom stereocenters. The molecule has 2 N–H and O–H groups in total. The van der Waals surface area contributed by atoms with Gasteiger partial charge >= 0.3 is 0 Å². The van der Waals surface area contributed by atoms with Crippen LogP contribution in [0.15, 0.2) is 16.6 Å². The minimum absolute atomic E-state index is 0. The lowest BCUT2D eigenvalue weighted by Gasteiger charge is -2.49. The second kappa shape index (κ2) is 10.6. The van der Waals surface area contributed by atoms with Crippen LogP contribution in [0, 0.1) is 0 Å². The van der Waals surface area contributed by atoms with E-state index in [1.165, 1.54) is 58.3 Å². The van der Waals surface area contributed by atoms with Crippen LogP contribution in [0.3, 0.4) is 0 Å². The second-order valence-electron chi connectivity index (χ2n) is 8.54. The molecule has 0 spiro atoms. The summed E-state index contributed by atoms with van der Waals surface area (Å²) in [6.07, 6.45) is 8.33. The van der Waals surface area contributed by atoms with Gasteiger partial charge in [-0.05, 0) is 58.9 Å². The fourth-order valence-electron chi connectivity index (χ4n) is 4.80. The maximum atomic E-state index is 6.46. The van der Waals surface area contributed by atoms with Crippen LogP contribution in [0.1, 0.15) is 32.1 Å². The minimum Gasteiger partial charge on any atom is -0.370 e. The van der Waals surface area contributed by atoms with Crippen LogP contribution in [0.25, 0.3) is 0 Å². The largest absolute Gasteiger partial charge is 0.370 e. The first-order chi connectivity index (χ1) is 13.7. The summed E-state index contributed by atoms with van der Waals surface area (Å²) in [5, 5.41) is 3.16. The highest BCUT2D eigenvalue weighted by Gasteiger charge is 2.39. The van der Waals surface area contributed by atoms with Crippen LogP contribution in [-0.2, 0) is 0 Å². The van der Waals surface area contributed by atoms with E-state index in [-0.39, 0.29) is 29.5 Å². The molecule has 0 aliphatic carbocycles. The zero-order valence-corrected chi connectivity index (χ0v) is 20.8. The van der Waals surface area contributed by atoms with Crippen molar-refractivity contribution in [2.45, 2.75) is 37.6 Å². The highest BCUT2D eigenvalue weighted by molar-refractivity contribution is 14.0. The minimum atomic E-state index is 0. The molecule has 4 heterocycles. The Kier molecular flexibility index (Phi) is 8.41. The molecule has 0 aromatic carbocycles. The van der Waals surface area contributed by atoms with E-state index in [0.29, 0.717) is 0 Å². The van der Waals surface area contributed by atoms with Gasteiger partial charge < -0.3 is 20.4 Å². The van der Waals surface area contributed by atoms with Crippen molar-refractivity contribution in [1.82, 2.24) is 19.7 Å². The molecule has 0 bridgehead atoms. The first-order valence-electron chi connectivity index (χ1n) is 10.8. The number of anilines is 1.